The van der Waals surface area contributed by atoms with Gasteiger partial charge in [0.2, 0.25) is 0 Å². The third kappa shape index (κ3) is 12.6. The highest BCUT2D eigenvalue weighted by atomic mass is 127. The summed E-state index contributed by atoms with van der Waals surface area (Å²) in [5.74, 6) is 2.50. The molecular formula is C23H40IN3O3. The molecule has 1 aromatic carbocycles. The Hall–Kier alpha value is -1.06. The summed E-state index contributed by atoms with van der Waals surface area (Å²) in [5.41, 5.74) is 1.25. The highest BCUT2D eigenvalue weighted by Gasteiger charge is 2.13. The number of ether oxygens (including phenoxy) is 3. The van der Waals surface area contributed by atoms with Crippen molar-refractivity contribution in [3.05, 3.63) is 29.8 Å². The van der Waals surface area contributed by atoms with Crippen molar-refractivity contribution in [1.29, 1.82) is 0 Å². The lowest BCUT2D eigenvalue weighted by molar-refractivity contribution is 0.0205. The van der Waals surface area contributed by atoms with Gasteiger partial charge >= 0.3 is 0 Å². The van der Waals surface area contributed by atoms with Crippen LogP contribution in [-0.4, -0.2) is 58.6 Å². The zero-order chi connectivity index (χ0) is 20.6. The number of unbranched alkanes of at least 4 members (excludes halogenated alkanes) is 1. The van der Waals surface area contributed by atoms with E-state index < -0.39 is 0 Å². The van der Waals surface area contributed by atoms with Gasteiger partial charge in [-0.3, -0.25) is 4.99 Å². The number of nitrogens with zero attached hydrogens (tertiary/aromatic N) is 1. The summed E-state index contributed by atoms with van der Waals surface area (Å²) in [5, 5.41) is 6.70. The second kappa shape index (κ2) is 17.6. The molecule has 7 heteroatoms. The first-order valence-corrected chi connectivity index (χ1v) is 11.1. The molecule has 2 rings (SSSR count). The predicted octanol–water partition coefficient (Wildman–Crippen LogP) is 4.16. The SMILES string of the molecule is CCNC(=NCCCOCC1CCOCC1)NCCCCOc1ccc(C)cc1.I. The minimum Gasteiger partial charge on any atom is -0.494 e. The van der Waals surface area contributed by atoms with E-state index in [1.165, 1.54) is 5.56 Å². The molecule has 1 fully saturated rings. The van der Waals surface area contributed by atoms with E-state index in [2.05, 4.69) is 41.6 Å². The Labute approximate surface area is 199 Å². The van der Waals surface area contributed by atoms with Gasteiger partial charge in [0.15, 0.2) is 5.96 Å². The average molecular weight is 533 g/mol. The zero-order valence-electron chi connectivity index (χ0n) is 18.7. The van der Waals surface area contributed by atoms with Gasteiger partial charge in [0.05, 0.1) is 6.61 Å². The Morgan fingerprint density at radius 2 is 1.83 bits per heavy atom. The van der Waals surface area contributed by atoms with E-state index in [9.17, 15) is 0 Å². The molecule has 6 nitrogen and oxygen atoms in total. The Balaban J connectivity index is 0.00000450. The molecule has 0 unspecified atom stereocenters. The van der Waals surface area contributed by atoms with E-state index in [0.29, 0.717) is 5.92 Å². The molecule has 30 heavy (non-hydrogen) atoms. The maximum absolute atomic E-state index is 5.80. The van der Waals surface area contributed by atoms with Gasteiger partial charge in [0, 0.05) is 46.1 Å². The number of hydrogen-bond donors (Lipinski definition) is 2. The Bertz CT molecular complexity index is 563. The lowest BCUT2D eigenvalue weighted by atomic mass is 10.0. The van der Waals surface area contributed by atoms with Crippen LogP contribution in [-0.2, 0) is 9.47 Å². The number of hydrogen-bond acceptors (Lipinski definition) is 4. The van der Waals surface area contributed by atoms with E-state index in [1.54, 1.807) is 0 Å². The standard InChI is InChI=1S/C23H39N3O3.HI/c1-3-24-23(26-14-6-15-28-19-21-11-17-27-18-12-21)25-13-4-5-16-29-22-9-7-20(2)8-10-22;/h7-10,21H,3-6,11-19H2,1-2H3,(H2,24,25,26);1H. The van der Waals surface area contributed by atoms with E-state index in [-0.39, 0.29) is 24.0 Å². The fourth-order valence-electron chi connectivity index (χ4n) is 3.12. The second-order valence-corrected chi connectivity index (χ2v) is 7.54. The molecule has 0 radical (unpaired) electrons. The molecule has 172 valence electrons. The second-order valence-electron chi connectivity index (χ2n) is 7.54. The van der Waals surface area contributed by atoms with Crippen LogP contribution < -0.4 is 15.4 Å². The van der Waals surface area contributed by atoms with Crippen molar-refractivity contribution in [2.45, 2.75) is 46.0 Å². The summed E-state index contributed by atoms with van der Waals surface area (Å²) in [6, 6.07) is 8.20. The number of aliphatic imine (C=N–C) groups is 1. The highest BCUT2D eigenvalue weighted by Crippen LogP contribution is 2.14. The maximum Gasteiger partial charge on any atom is 0.191 e. The topological polar surface area (TPSA) is 64.1 Å². The number of aryl methyl sites for hydroxylation is 1. The number of benzene rings is 1. The third-order valence-corrected chi connectivity index (χ3v) is 4.91. The first kappa shape index (κ1) is 27.0. The Morgan fingerprint density at radius 1 is 1.07 bits per heavy atom. The van der Waals surface area contributed by atoms with Crippen LogP contribution in [0.1, 0.15) is 44.6 Å². The van der Waals surface area contributed by atoms with Gasteiger partial charge < -0.3 is 24.8 Å². The summed E-state index contributed by atoms with van der Waals surface area (Å²) < 4.78 is 16.9. The first-order chi connectivity index (χ1) is 14.3. The minimum absolute atomic E-state index is 0. The lowest BCUT2D eigenvalue weighted by Gasteiger charge is -2.21. The number of halogens is 1. The highest BCUT2D eigenvalue weighted by molar-refractivity contribution is 14.0. The molecule has 0 aliphatic carbocycles. The van der Waals surface area contributed by atoms with Gasteiger partial charge in [0.1, 0.15) is 5.75 Å². The van der Waals surface area contributed by atoms with Crippen LogP contribution in [0.15, 0.2) is 29.3 Å². The van der Waals surface area contributed by atoms with Crippen LogP contribution in [0.5, 0.6) is 5.75 Å². The average Bonchev–Trinajstić information content (AvgIpc) is 2.75. The molecular weight excluding hydrogens is 493 g/mol. The number of guanidine groups is 1. The zero-order valence-corrected chi connectivity index (χ0v) is 21.0. The molecule has 0 saturated carbocycles. The van der Waals surface area contributed by atoms with Gasteiger partial charge in [0.25, 0.3) is 0 Å². The normalized spacial score (nSPS) is 14.8. The van der Waals surface area contributed by atoms with Crippen molar-refractivity contribution in [2.75, 3.05) is 52.7 Å². The summed E-state index contributed by atoms with van der Waals surface area (Å²) in [6.07, 6.45) is 5.26. The smallest absolute Gasteiger partial charge is 0.191 e. The molecule has 0 bridgehead atoms. The quantitative estimate of drug-likeness (QED) is 0.173. The van der Waals surface area contributed by atoms with Crippen LogP contribution in [0.2, 0.25) is 0 Å². The minimum atomic E-state index is 0. The molecule has 0 atom stereocenters. The molecule has 0 spiro atoms. The molecule has 0 amide bonds. The largest absolute Gasteiger partial charge is 0.494 e. The van der Waals surface area contributed by atoms with Crippen LogP contribution in [0.25, 0.3) is 0 Å². The van der Waals surface area contributed by atoms with E-state index in [1.807, 2.05) is 12.1 Å². The van der Waals surface area contributed by atoms with Gasteiger partial charge in [-0.1, -0.05) is 17.7 Å². The van der Waals surface area contributed by atoms with E-state index in [4.69, 9.17) is 14.2 Å². The van der Waals surface area contributed by atoms with Crippen LogP contribution in [0.4, 0.5) is 0 Å². The van der Waals surface area contributed by atoms with Crippen LogP contribution in [0.3, 0.4) is 0 Å². The van der Waals surface area contributed by atoms with Crippen molar-refractivity contribution >= 4 is 29.9 Å². The molecule has 1 heterocycles. The molecule has 1 aromatic rings. The Morgan fingerprint density at radius 3 is 2.57 bits per heavy atom. The number of rotatable bonds is 13. The maximum atomic E-state index is 5.80. The summed E-state index contributed by atoms with van der Waals surface area (Å²) >= 11 is 0. The molecule has 1 saturated heterocycles. The van der Waals surface area contributed by atoms with Crippen molar-refractivity contribution in [3.63, 3.8) is 0 Å². The lowest BCUT2D eigenvalue weighted by Crippen LogP contribution is -2.38. The molecule has 2 N–H and O–H groups in total. The predicted molar refractivity (Wildman–Crippen MR) is 134 cm³/mol. The molecule has 1 aliphatic heterocycles. The number of nitrogens with one attached hydrogen (secondary N) is 2. The monoisotopic (exact) mass is 533 g/mol. The van der Waals surface area contributed by atoms with Crippen molar-refractivity contribution in [2.24, 2.45) is 10.9 Å². The summed E-state index contributed by atoms with van der Waals surface area (Å²) in [7, 11) is 0. The van der Waals surface area contributed by atoms with Gasteiger partial charge in [-0.25, -0.2) is 0 Å². The Kier molecular flexibility index (Phi) is 15.8. The molecule has 0 aromatic heterocycles. The first-order valence-electron chi connectivity index (χ1n) is 11.1. The van der Waals surface area contributed by atoms with Crippen LogP contribution >= 0.6 is 24.0 Å². The third-order valence-electron chi connectivity index (χ3n) is 4.91. The van der Waals surface area contributed by atoms with Crippen molar-refractivity contribution in [1.82, 2.24) is 10.6 Å². The van der Waals surface area contributed by atoms with Crippen molar-refractivity contribution < 1.29 is 14.2 Å². The van der Waals surface area contributed by atoms with Gasteiger partial charge in [-0.2, -0.15) is 0 Å². The molecule has 1 aliphatic rings. The fraction of sp³-hybridized carbons (Fsp3) is 0.696. The van der Waals surface area contributed by atoms with Crippen LogP contribution in [0, 0.1) is 12.8 Å². The fourth-order valence-corrected chi connectivity index (χ4v) is 3.12. The summed E-state index contributed by atoms with van der Waals surface area (Å²) in [6.45, 7) is 10.8. The van der Waals surface area contributed by atoms with E-state index in [0.717, 1.165) is 96.5 Å². The summed E-state index contributed by atoms with van der Waals surface area (Å²) in [4.78, 5) is 4.63. The van der Waals surface area contributed by atoms with Gasteiger partial charge in [-0.15, -0.1) is 24.0 Å². The van der Waals surface area contributed by atoms with E-state index >= 15 is 0 Å². The van der Waals surface area contributed by atoms with Gasteiger partial charge in [-0.05, 0) is 64.0 Å². The van der Waals surface area contributed by atoms with Crippen molar-refractivity contribution in [3.8, 4) is 5.75 Å².